The maximum atomic E-state index is 14.2. The normalized spacial score (nSPS) is 22.0. The molecule has 2 atom stereocenters. The van der Waals surface area contributed by atoms with Gasteiger partial charge in [0.2, 0.25) is 11.7 Å². The van der Waals surface area contributed by atoms with Crippen molar-refractivity contribution in [2.75, 3.05) is 26.7 Å². The fourth-order valence-electron chi connectivity index (χ4n) is 5.68. The van der Waals surface area contributed by atoms with E-state index >= 15 is 0 Å². The van der Waals surface area contributed by atoms with Crippen LogP contribution in [0.15, 0.2) is 55.0 Å². The number of piperidine rings is 1. The number of amides is 2. The standard InChI is InChI=1S/C27H32N6O3/c1-19(2)33-23(10-12-30-33)22-17-32(25(34)24-28-14-21(36-3)15-29-24)18-27(22)11-7-13-31(26(27)35)16-20-8-5-4-6-9-20/h4-6,8-10,12,14-15,19,22H,7,11,13,16-18H2,1-3H3/t22-,27-/m1/s1. The first-order valence-corrected chi connectivity index (χ1v) is 12.4. The zero-order valence-electron chi connectivity index (χ0n) is 21.0. The lowest BCUT2D eigenvalue weighted by Gasteiger charge is -2.42. The van der Waals surface area contributed by atoms with Crippen molar-refractivity contribution in [2.24, 2.45) is 5.41 Å². The molecule has 9 nitrogen and oxygen atoms in total. The third-order valence-corrected chi connectivity index (χ3v) is 7.41. The third kappa shape index (κ3) is 4.23. The van der Waals surface area contributed by atoms with E-state index in [9.17, 15) is 9.59 Å². The second kappa shape index (κ2) is 9.72. The van der Waals surface area contributed by atoms with Crippen LogP contribution in [0.3, 0.4) is 0 Å². The molecule has 9 heteroatoms. The van der Waals surface area contributed by atoms with Gasteiger partial charge in [0.15, 0.2) is 5.75 Å². The van der Waals surface area contributed by atoms with Gasteiger partial charge in [-0.3, -0.25) is 14.3 Å². The number of likely N-dealkylation sites (tertiary alicyclic amines) is 2. The van der Waals surface area contributed by atoms with Crippen LogP contribution in [0.2, 0.25) is 0 Å². The second-order valence-electron chi connectivity index (χ2n) is 9.95. The Morgan fingerprint density at radius 3 is 2.61 bits per heavy atom. The van der Waals surface area contributed by atoms with Crippen LogP contribution in [0.25, 0.3) is 0 Å². The largest absolute Gasteiger partial charge is 0.494 e. The Hall–Kier alpha value is -3.75. The number of benzene rings is 1. The average Bonchev–Trinajstić information content (AvgIpc) is 3.53. The summed E-state index contributed by atoms with van der Waals surface area (Å²) in [7, 11) is 1.53. The molecule has 36 heavy (non-hydrogen) atoms. The zero-order chi connectivity index (χ0) is 25.3. The van der Waals surface area contributed by atoms with E-state index in [1.54, 1.807) is 11.1 Å². The summed E-state index contributed by atoms with van der Waals surface area (Å²) in [5, 5.41) is 4.55. The zero-order valence-corrected chi connectivity index (χ0v) is 21.0. The summed E-state index contributed by atoms with van der Waals surface area (Å²) in [6.07, 6.45) is 6.37. The van der Waals surface area contributed by atoms with Crippen molar-refractivity contribution in [3.05, 3.63) is 72.1 Å². The number of carbonyl (C=O) groups is 2. The van der Waals surface area contributed by atoms with Crippen LogP contribution in [-0.2, 0) is 11.3 Å². The number of hydrogen-bond acceptors (Lipinski definition) is 6. The van der Waals surface area contributed by atoms with E-state index in [2.05, 4.69) is 28.9 Å². The van der Waals surface area contributed by atoms with E-state index < -0.39 is 5.41 Å². The summed E-state index contributed by atoms with van der Waals surface area (Å²) in [5.74, 6) is 0.249. The smallest absolute Gasteiger partial charge is 0.291 e. The number of rotatable bonds is 6. The van der Waals surface area contributed by atoms with Crippen molar-refractivity contribution >= 4 is 11.8 Å². The maximum absolute atomic E-state index is 14.2. The molecular formula is C27H32N6O3. The predicted octanol–water partition coefficient (Wildman–Crippen LogP) is 3.31. The topological polar surface area (TPSA) is 93.5 Å². The highest BCUT2D eigenvalue weighted by atomic mass is 16.5. The van der Waals surface area contributed by atoms with Crippen LogP contribution >= 0.6 is 0 Å². The maximum Gasteiger partial charge on any atom is 0.291 e. The van der Waals surface area contributed by atoms with E-state index in [0.29, 0.717) is 31.9 Å². The molecule has 2 aliphatic rings. The summed E-state index contributed by atoms with van der Waals surface area (Å²) in [6, 6.07) is 12.2. The van der Waals surface area contributed by atoms with Gasteiger partial charge in [-0.15, -0.1) is 0 Å². The summed E-state index contributed by atoms with van der Waals surface area (Å²) < 4.78 is 7.11. The van der Waals surface area contributed by atoms with Gasteiger partial charge in [-0.05, 0) is 38.3 Å². The molecular weight excluding hydrogens is 456 g/mol. The minimum absolute atomic E-state index is 0.102. The highest BCUT2D eigenvalue weighted by Crippen LogP contribution is 2.50. The quantitative estimate of drug-likeness (QED) is 0.529. The first-order chi connectivity index (χ1) is 17.4. The van der Waals surface area contributed by atoms with Gasteiger partial charge in [0.1, 0.15) is 0 Å². The van der Waals surface area contributed by atoms with Gasteiger partial charge in [-0.1, -0.05) is 30.3 Å². The van der Waals surface area contributed by atoms with Gasteiger partial charge in [0.25, 0.3) is 5.91 Å². The van der Waals surface area contributed by atoms with Gasteiger partial charge in [-0.2, -0.15) is 5.10 Å². The van der Waals surface area contributed by atoms with E-state index in [1.165, 1.54) is 19.5 Å². The van der Waals surface area contributed by atoms with Gasteiger partial charge in [0, 0.05) is 50.0 Å². The van der Waals surface area contributed by atoms with Crippen LogP contribution < -0.4 is 4.74 Å². The number of aromatic nitrogens is 4. The van der Waals surface area contributed by atoms with Gasteiger partial charge in [0.05, 0.1) is 24.9 Å². The van der Waals surface area contributed by atoms with Gasteiger partial charge >= 0.3 is 0 Å². The van der Waals surface area contributed by atoms with Crippen LogP contribution in [-0.4, -0.2) is 68.1 Å². The summed E-state index contributed by atoms with van der Waals surface area (Å²) in [4.78, 5) is 39.9. The number of ether oxygens (including phenoxy) is 1. The molecule has 2 aliphatic heterocycles. The Kier molecular flexibility index (Phi) is 6.47. The molecule has 2 amide bonds. The molecule has 2 fully saturated rings. The first kappa shape index (κ1) is 24.0. The Bertz CT molecular complexity index is 1230. The lowest BCUT2D eigenvalue weighted by atomic mass is 9.70. The first-order valence-electron chi connectivity index (χ1n) is 12.4. The molecule has 4 heterocycles. The Morgan fingerprint density at radius 2 is 1.92 bits per heavy atom. The molecule has 0 aliphatic carbocycles. The number of hydrogen-bond donors (Lipinski definition) is 0. The van der Waals surface area contributed by atoms with Crippen LogP contribution in [0, 0.1) is 5.41 Å². The Balaban J connectivity index is 1.50. The SMILES string of the molecule is COc1cnc(C(=O)N2C[C@H](c3ccnn3C(C)C)[C@@]3(CCCN(Cc4ccccc4)C3=O)C2)nc1. The van der Waals surface area contributed by atoms with Gasteiger partial charge < -0.3 is 14.5 Å². The van der Waals surface area contributed by atoms with Crippen molar-refractivity contribution in [1.82, 2.24) is 29.5 Å². The van der Waals surface area contributed by atoms with E-state index in [-0.39, 0.29) is 29.6 Å². The predicted molar refractivity (Wildman–Crippen MR) is 133 cm³/mol. The molecule has 5 rings (SSSR count). The molecule has 0 bridgehead atoms. The summed E-state index contributed by atoms with van der Waals surface area (Å²) in [6.45, 7) is 6.18. The molecule has 2 aromatic heterocycles. The Labute approximate surface area is 211 Å². The number of carbonyl (C=O) groups excluding carboxylic acids is 2. The summed E-state index contributed by atoms with van der Waals surface area (Å²) in [5.41, 5.74) is 1.37. The molecule has 1 aromatic carbocycles. The lowest BCUT2D eigenvalue weighted by Crippen LogP contribution is -2.52. The minimum Gasteiger partial charge on any atom is -0.494 e. The number of nitrogens with zero attached hydrogens (tertiary/aromatic N) is 6. The van der Waals surface area contributed by atoms with Crippen molar-refractivity contribution in [1.29, 1.82) is 0 Å². The van der Waals surface area contributed by atoms with Crippen LogP contribution in [0.1, 0.15) is 60.5 Å². The van der Waals surface area contributed by atoms with Crippen molar-refractivity contribution in [3.8, 4) is 5.75 Å². The van der Waals surface area contributed by atoms with E-state index in [4.69, 9.17) is 4.74 Å². The van der Waals surface area contributed by atoms with Gasteiger partial charge in [-0.25, -0.2) is 9.97 Å². The van der Waals surface area contributed by atoms with Crippen molar-refractivity contribution < 1.29 is 14.3 Å². The van der Waals surface area contributed by atoms with Crippen molar-refractivity contribution in [3.63, 3.8) is 0 Å². The molecule has 2 saturated heterocycles. The van der Waals surface area contributed by atoms with Crippen LogP contribution in [0.5, 0.6) is 5.75 Å². The fraction of sp³-hybridized carbons (Fsp3) is 0.444. The molecule has 0 radical (unpaired) electrons. The third-order valence-electron chi connectivity index (χ3n) is 7.41. The highest BCUT2D eigenvalue weighted by molar-refractivity contribution is 5.93. The highest BCUT2D eigenvalue weighted by Gasteiger charge is 2.57. The van der Waals surface area contributed by atoms with Crippen LogP contribution in [0.4, 0.5) is 0 Å². The molecule has 0 N–H and O–H groups in total. The van der Waals surface area contributed by atoms with E-state index in [0.717, 1.165) is 24.1 Å². The van der Waals surface area contributed by atoms with Crippen molar-refractivity contribution in [2.45, 2.75) is 45.2 Å². The molecule has 1 spiro atoms. The molecule has 188 valence electrons. The Morgan fingerprint density at radius 1 is 1.17 bits per heavy atom. The lowest BCUT2D eigenvalue weighted by molar-refractivity contribution is -0.147. The summed E-state index contributed by atoms with van der Waals surface area (Å²) >= 11 is 0. The second-order valence-corrected chi connectivity index (χ2v) is 9.95. The number of methoxy groups -OCH3 is 1. The van der Waals surface area contributed by atoms with E-state index in [1.807, 2.05) is 46.0 Å². The molecule has 0 unspecified atom stereocenters. The fourth-order valence-corrected chi connectivity index (χ4v) is 5.68. The molecule has 3 aromatic rings. The minimum atomic E-state index is -0.720. The average molecular weight is 489 g/mol. The molecule has 0 saturated carbocycles. The monoisotopic (exact) mass is 488 g/mol.